The minimum atomic E-state index is 0.0245. The normalized spacial score (nSPS) is 12.2. The lowest BCUT2D eigenvalue weighted by Gasteiger charge is -2.10. The van der Waals surface area contributed by atoms with Crippen LogP contribution < -0.4 is 10.5 Å². The van der Waals surface area contributed by atoms with Crippen LogP contribution in [-0.2, 0) is 6.61 Å². The predicted molar refractivity (Wildman–Crippen MR) is 79.8 cm³/mol. The van der Waals surface area contributed by atoms with Gasteiger partial charge in [0.1, 0.15) is 12.4 Å². The van der Waals surface area contributed by atoms with E-state index in [4.69, 9.17) is 33.7 Å². The lowest BCUT2D eigenvalue weighted by molar-refractivity contribution is 0.306. The monoisotopic (exact) mass is 295 g/mol. The lowest BCUT2D eigenvalue weighted by Crippen LogP contribution is -2.04. The van der Waals surface area contributed by atoms with Gasteiger partial charge in [0.05, 0.1) is 0 Å². The Labute approximate surface area is 123 Å². The minimum Gasteiger partial charge on any atom is -0.489 e. The van der Waals surface area contributed by atoms with Gasteiger partial charge in [-0.15, -0.1) is 0 Å². The third kappa shape index (κ3) is 3.87. The third-order valence-electron chi connectivity index (χ3n) is 2.81. The molecule has 2 aromatic rings. The largest absolute Gasteiger partial charge is 0.489 e. The summed E-state index contributed by atoms with van der Waals surface area (Å²) < 4.78 is 5.68. The summed E-state index contributed by atoms with van der Waals surface area (Å²) in [5.74, 6) is 0.778. The summed E-state index contributed by atoms with van der Waals surface area (Å²) in [6.07, 6.45) is 0. The van der Waals surface area contributed by atoms with Crippen molar-refractivity contribution in [1.82, 2.24) is 0 Å². The Bertz CT molecular complexity index is 553. The number of ether oxygens (including phenoxy) is 1. The molecule has 0 aliphatic rings. The van der Waals surface area contributed by atoms with Gasteiger partial charge in [-0.2, -0.15) is 0 Å². The lowest BCUT2D eigenvalue weighted by atomic mass is 10.1. The first kappa shape index (κ1) is 14.2. The molecule has 0 aliphatic heterocycles. The second-order valence-corrected chi connectivity index (χ2v) is 5.23. The fourth-order valence-corrected chi connectivity index (χ4v) is 2.05. The standard InChI is InChI=1S/C15H15Cl2NO/c1-10(18)11-2-5-14(6-3-11)19-9-12-8-13(16)4-7-15(12)17/h2-8,10H,9,18H2,1H3/t10-/m0/s1. The molecule has 1 atom stereocenters. The van der Waals surface area contributed by atoms with Crippen molar-refractivity contribution in [2.45, 2.75) is 19.6 Å². The molecule has 0 aliphatic carbocycles. The second kappa shape index (κ2) is 6.29. The molecule has 0 saturated heterocycles. The maximum Gasteiger partial charge on any atom is 0.119 e. The molecule has 0 bridgehead atoms. The fourth-order valence-electron chi connectivity index (χ4n) is 1.68. The number of hydrogen-bond acceptors (Lipinski definition) is 2. The molecule has 100 valence electrons. The van der Waals surface area contributed by atoms with Crippen LogP contribution in [0.15, 0.2) is 42.5 Å². The van der Waals surface area contributed by atoms with E-state index in [1.807, 2.05) is 31.2 Å². The molecule has 0 heterocycles. The molecule has 2 nitrogen and oxygen atoms in total. The van der Waals surface area contributed by atoms with E-state index in [9.17, 15) is 0 Å². The summed E-state index contributed by atoms with van der Waals surface area (Å²) in [5.41, 5.74) is 7.74. The van der Waals surface area contributed by atoms with Crippen LogP contribution >= 0.6 is 23.2 Å². The first-order chi connectivity index (χ1) is 9.06. The Morgan fingerprint density at radius 3 is 2.42 bits per heavy atom. The van der Waals surface area contributed by atoms with Gasteiger partial charge < -0.3 is 10.5 Å². The molecule has 2 N–H and O–H groups in total. The van der Waals surface area contributed by atoms with E-state index in [1.165, 1.54) is 0 Å². The molecule has 0 unspecified atom stereocenters. The van der Waals surface area contributed by atoms with Crippen LogP contribution in [0.25, 0.3) is 0 Å². The Morgan fingerprint density at radius 2 is 1.79 bits per heavy atom. The molecule has 4 heteroatoms. The van der Waals surface area contributed by atoms with Gasteiger partial charge in [0, 0.05) is 21.7 Å². The van der Waals surface area contributed by atoms with Crippen molar-refractivity contribution in [2.24, 2.45) is 5.73 Å². The Morgan fingerprint density at radius 1 is 1.11 bits per heavy atom. The van der Waals surface area contributed by atoms with Crippen LogP contribution in [0.5, 0.6) is 5.75 Å². The molecule has 0 fully saturated rings. The number of hydrogen-bond donors (Lipinski definition) is 1. The molecule has 2 rings (SSSR count). The van der Waals surface area contributed by atoms with Crippen LogP contribution in [0.1, 0.15) is 24.1 Å². The van der Waals surface area contributed by atoms with Gasteiger partial charge in [-0.1, -0.05) is 35.3 Å². The highest BCUT2D eigenvalue weighted by molar-refractivity contribution is 6.33. The molecule has 0 spiro atoms. The van der Waals surface area contributed by atoms with Crippen molar-refractivity contribution in [3.63, 3.8) is 0 Å². The van der Waals surface area contributed by atoms with Gasteiger partial charge in [-0.25, -0.2) is 0 Å². The second-order valence-electron chi connectivity index (χ2n) is 4.38. The minimum absolute atomic E-state index is 0.0245. The first-order valence-electron chi connectivity index (χ1n) is 5.98. The van der Waals surface area contributed by atoms with E-state index in [2.05, 4.69) is 0 Å². The average molecular weight is 296 g/mol. The maximum atomic E-state index is 6.07. The van der Waals surface area contributed by atoms with Crippen LogP contribution in [0.4, 0.5) is 0 Å². The van der Waals surface area contributed by atoms with Crippen LogP contribution in [0.2, 0.25) is 10.0 Å². The third-order valence-corrected chi connectivity index (χ3v) is 3.41. The highest BCUT2D eigenvalue weighted by Gasteiger charge is 2.04. The summed E-state index contributed by atoms with van der Waals surface area (Å²) in [7, 11) is 0. The number of benzene rings is 2. The van der Waals surface area contributed by atoms with Crippen molar-refractivity contribution in [2.75, 3.05) is 0 Å². The van der Waals surface area contributed by atoms with E-state index < -0.39 is 0 Å². The zero-order valence-corrected chi connectivity index (χ0v) is 12.1. The Kier molecular flexibility index (Phi) is 4.70. The van der Waals surface area contributed by atoms with Crippen molar-refractivity contribution < 1.29 is 4.74 Å². The first-order valence-corrected chi connectivity index (χ1v) is 6.74. The average Bonchev–Trinajstić information content (AvgIpc) is 2.40. The zero-order chi connectivity index (χ0) is 13.8. The quantitative estimate of drug-likeness (QED) is 0.895. The van der Waals surface area contributed by atoms with Crippen molar-refractivity contribution >= 4 is 23.2 Å². The van der Waals surface area contributed by atoms with Crippen LogP contribution in [0, 0.1) is 0 Å². The highest BCUT2D eigenvalue weighted by Crippen LogP contribution is 2.23. The SMILES string of the molecule is C[C@H](N)c1ccc(OCc2cc(Cl)ccc2Cl)cc1. The van der Waals surface area contributed by atoms with Crippen LogP contribution in [0.3, 0.4) is 0 Å². The van der Waals surface area contributed by atoms with Gasteiger partial charge in [-0.3, -0.25) is 0 Å². The molecule has 0 aromatic heterocycles. The van der Waals surface area contributed by atoms with Gasteiger partial charge in [0.2, 0.25) is 0 Å². The zero-order valence-electron chi connectivity index (χ0n) is 10.6. The number of halogens is 2. The summed E-state index contributed by atoms with van der Waals surface area (Å²) >= 11 is 12.0. The van der Waals surface area contributed by atoms with Crippen molar-refractivity contribution in [1.29, 1.82) is 0 Å². The molecule has 19 heavy (non-hydrogen) atoms. The van der Waals surface area contributed by atoms with Crippen molar-refractivity contribution in [3.05, 3.63) is 63.6 Å². The molecular weight excluding hydrogens is 281 g/mol. The van der Waals surface area contributed by atoms with E-state index in [1.54, 1.807) is 18.2 Å². The Hall–Kier alpha value is -1.22. The smallest absolute Gasteiger partial charge is 0.119 e. The topological polar surface area (TPSA) is 35.2 Å². The summed E-state index contributed by atoms with van der Waals surface area (Å²) in [6, 6.07) is 13.1. The van der Waals surface area contributed by atoms with Gasteiger partial charge in [0.25, 0.3) is 0 Å². The van der Waals surface area contributed by atoms with E-state index in [0.29, 0.717) is 16.7 Å². The molecule has 0 amide bonds. The Balaban J connectivity index is 2.04. The summed E-state index contributed by atoms with van der Waals surface area (Å²) in [6.45, 7) is 2.33. The van der Waals surface area contributed by atoms with Gasteiger partial charge >= 0.3 is 0 Å². The molecule has 0 saturated carbocycles. The number of rotatable bonds is 4. The van der Waals surface area contributed by atoms with E-state index in [-0.39, 0.29) is 6.04 Å². The molecule has 0 radical (unpaired) electrons. The van der Waals surface area contributed by atoms with Gasteiger partial charge in [-0.05, 0) is 42.8 Å². The fraction of sp³-hybridized carbons (Fsp3) is 0.200. The highest BCUT2D eigenvalue weighted by atomic mass is 35.5. The van der Waals surface area contributed by atoms with Crippen LogP contribution in [-0.4, -0.2) is 0 Å². The molecule has 2 aromatic carbocycles. The van der Waals surface area contributed by atoms with Crippen molar-refractivity contribution in [3.8, 4) is 5.75 Å². The van der Waals surface area contributed by atoms with E-state index in [0.717, 1.165) is 16.9 Å². The maximum absolute atomic E-state index is 6.07. The number of nitrogens with two attached hydrogens (primary N) is 1. The van der Waals surface area contributed by atoms with Gasteiger partial charge in [0.15, 0.2) is 0 Å². The molecular formula is C15H15Cl2NO. The summed E-state index contributed by atoms with van der Waals surface area (Å²) in [5, 5.41) is 1.30. The predicted octanol–water partition coefficient (Wildman–Crippen LogP) is 4.59. The van der Waals surface area contributed by atoms with E-state index >= 15 is 0 Å². The summed E-state index contributed by atoms with van der Waals surface area (Å²) in [4.78, 5) is 0.